The number of nitriles is 1. The van der Waals surface area contributed by atoms with Gasteiger partial charge < -0.3 is 9.64 Å². The molecule has 0 amide bonds. The van der Waals surface area contributed by atoms with E-state index < -0.39 is 5.82 Å². The van der Waals surface area contributed by atoms with E-state index in [1.165, 1.54) is 6.07 Å². The number of hydrogen-bond donors (Lipinski definition) is 0. The highest BCUT2D eigenvalue weighted by Gasteiger charge is 2.19. The van der Waals surface area contributed by atoms with Gasteiger partial charge in [0.2, 0.25) is 5.88 Å². The van der Waals surface area contributed by atoms with Crippen LogP contribution in [0.15, 0.2) is 36.4 Å². The molecular formula is C21H26FN3O. The van der Waals surface area contributed by atoms with Crippen molar-refractivity contribution in [1.82, 2.24) is 9.88 Å². The van der Waals surface area contributed by atoms with E-state index in [1.54, 1.807) is 18.2 Å². The third kappa shape index (κ3) is 5.27. The molecule has 0 saturated carbocycles. The molecule has 4 nitrogen and oxygen atoms in total. The van der Waals surface area contributed by atoms with E-state index in [2.05, 4.69) is 16.9 Å². The molecular weight excluding hydrogens is 329 g/mol. The topological polar surface area (TPSA) is 49.1 Å². The maximum absolute atomic E-state index is 13.9. The first-order chi connectivity index (χ1) is 12.7. The molecule has 0 aliphatic carbocycles. The fourth-order valence-corrected chi connectivity index (χ4v) is 2.93. The molecule has 0 radical (unpaired) electrons. The number of rotatable bonds is 4. The molecule has 3 rings (SSSR count). The number of hydrogen-bond acceptors (Lipinski definition) is 4. The van der Waals surface area contributed by atoms with E-state index >= 15 is 0 Å². The molecule has 0 bridgehead atoms. The Bertz CT molecular complexity index is 749. The predicted octanol–water partition coefficient (Wildman–Crippen LogP) is 4.51. The second-order valence-electron chi connectivity index (χ2n) is 6.18. The Balaban J connectivity index is 0.00000117. The van der Waals surface area contributed by atoms with Crippen molar-refractivity contribution in [3.05, 3.63) is 59.0 Å². The first kappa shape index (κ1) is 19.9. The van der Waals surface area contributed by atoms with E-state index in [4.69, 9.17) is 10.00 Å². The number of nitrogens with zero attached hydrogens (tertiary/aromatic N) is 3. The van der Waals surface area contributed by atoms with Crippen molar-refractivity contribution < 1.29 is 9.13 Å². The van der Waals surface area contributed by atoms with Gasteiger partial charge in [0, 0.05) is 23.2 Å². The third-order valence-corrected chi connectivity index (χ3v) is 4.44. The number of halogens is 1. The lowest BCUT2D eigenvalue weighted by Crippen LogP contribution is -2.29. The fourth-order valence-electron chi connectivity index (χ4n) is 2.93. The lowest BCUT2D eigenvalue weighted by molar-refractivity contribution is 0.250. The van der Waals surface area contributed by atoms with Gasteiger partial charge in [-0.3, -0.25) is 0 Å². The van der Waals surface area contributed by atoms with Gasteiger partial charge in [0.25, 0.3) is 0 Å². The summed E-state index contributed by atoms with van der Waals surface area (Å²) in [7, 11) is 2.13. The zero-order valence-corrected chi connectivity index (χ0v) is 15.7. The van der Waals surface area contributed by atoms with E-state index in [9.17, 15) is 4.39 Å². The van der Waals surface area contributed by atoms with Gasteiger partial charge >= 0.3 is 0 Å². The zero-order chi connectivity index (χ0) is 18.9. The van der Waals surface area contributed by atoms with Crippen molar-refractivity contribution in [2.24, 2.45) is 0 Å². The number of piperidine rings is 1. The van der Waals surface area contributed by atoms with Crippen molar-refractivity contribution in [1.29, 1.82) is 5.26 Å². The normalized spacial score (nSPS) is 14.9. The summed E-state index contributed by atoms with van der Waals surface area (Å²) in [4.78, 5) is 6.91. The molecule has 26 heavy (non-hydrogen) atoms. The van der Waals surface area contributed by atoms with E-state index in [1.807, 2.05) is 32.0 Å². The molecule has 1 fully saturated rings. The molecule has 1 aromatic carbocycles. The summed E-state index contributed by atoms with van der Waals surface area (Å²) in [5, 5.41) is 8.77. The molecule has 0 spiro atoms. The second-order valence-corrected chi connectivity index (χ2v) is 6.18. The van der Waals surface area contributed by atoms with E-state index in [-0.39, 0.29) is 6.61 Å². The van der Waals surface area contributed by atoms with Gasteiger partial charge in [-0.15, -0.1) is 0 Å². The highest BCUT2D eigenvalue weighted by atomic mass is 19.1. The van der Waals surface area contributed by atoms with Crippen molar-refractivity contribution in [3.63, 3.8) is 0 Å². The third-order valence-electron chi connectivity index (χ3n) is 4.44. The summed E-state index contributed by atoms with van der Waals surface area (Å²) in [5.41, 5.74) is 1.76. The van der Waals surface area contributed by atoms with Crippen LogP contribution in [0.2, 0.25) is 0 Å². The van der Waals surface area contributed by atoms with Crippen molar-refractivity contribution in [2.45, 2.75) is 39.2 Å². The molecule has 0 atom stereocenters. The van der Waals surface area contributed by atoms with Gasteiger partial charge in [-0.2, -0.15) is 5.26 Å². The fraction of sp³-hybridized carbons (Fsp3) is 0.429. The Kier molecular flexibility index (Phi) is 7.55. The van der Waals surface area contributed by atoms with Gasteiger partial charge in [0.15, 0.2) is 0 Å². The Morgan fingerprint density at radius 3 is 2.62 bits per heavy atom. The summed E-state index contributed by atoms with van der Waals surface area (Å²) in [6.45, 7) is 6.25. The number of ether oxygens (including phenoxy) is 1. The predicted molar refractivity (Wildman–Crippen MR) is 101 cm³/mol. The Labute approximate surface area is 155 Å². The highest BCUT2D eigenvalue weighted by Crippen LogP contribution is 2.27. The largest absolute Gasteiger partial charge is 0.473 e. The second kappa shape index (κ2) is 9.88. The highest BCUT2D eigenvalue weighted by molar-refractivity contribution is 5.32. The molecule has 1 aliphatic rings. The lowest BCUT2D eigenvalue weighted by Gasteiger charge is -2.28. The van der Waals surface area contributed by atoms with Crippen molar-refractivity contribution >= 4 is 0 Å². The Morgan fingerprint density at radius 2 is 1.96 bits per heavy atom. The average molecular weight is 355 g/mol. The summed E-state index contributed by atoms with van der Waals surface area (Å²) in [6, 6.07) is 12.1. The van der Waals surface area contributed by atoms with Crippen LogP contribution in [0.4, 0.5) is 4.39 Å². The van der Waals surface area contributed by atoms with Crippen LogP contribution in [0, 0.1) is 17.1 Å². The summed E-state index contributed by atoms with van der Waals surface area (Å²) >= 11 is 0. The van der Waals surface area contributed by atoms with Crippen LogP contribution in [0.1, 0.15) is 49.4 Å². The molecule has 5 heteroatoms. The first-order valence-corrected chi connectivity index (χ1v) is 9.12. The maximum Gasteiger partial charge on any atom is 0.213 e. The minimum atomic E-state index is -0.430. The van der Waals surface area contributed by atoms with Gasteiger partial charge in [-0.1, -0.05) is 26.0 Å². The summed E-state index contributed by atoms with van der Waals surface area (Å²) in [6.07, 6.45) is 2.19. The number of benzene rings is 1. The molecule has 0 unspecified atom stereocenters. The van der Waals surface area contributed by atoms with Crippen LogP contribution >= 0.6 is 0 Å². The summed E-state index contributed by atoms with van der Waals surface area (Å²) in [5.74, 6) is 0.534. The molecule has 2 aromatic rings. The maximum atomic E-state index is 13.9. The van der Waals surface area contributed by atoms with E-state index in [0.717, 1.165) is 31.6 Å². The lowest BCUT2D eigenvalue weighted by atomic mass is 9.93. The van der Waals surface area contributed by atoms with Crippen LogP contribution in [-0.4, -0.2) is 30.0 Å². The smallest absolute Gasteiger partial charge is 0.213 e. The minimum Gasteiger partial charge on any atom is -0.473 e. The van der Waals surface area contributed by atoms with E-state index in [0.29, 0.717) is 22.9 Å². The molecule has 1 aromatic heterocycles. The zero-order valence-electron chi connectivity index (χ0n) is 15.7. The number of pyridine rings is 1. The van der Waals surface area contributed by atoms with Crippen LogP contribution in [-0.2, 0) is 6.61 Å². The van der Waals surface area contributed by atoms with Gasteiger partial charge in [-0.05, 0) is 51.2 Å². The SMILES string of the molecule is CC.CN1CCC(c2cccc(OCc3ccc(C#N)cc3F)n2)CC1. The molecule has 1 saturated heterocycles. The number of likely N-dealkylation sites (tertiary alicyclic amines) is 1. The Morgan fingerprint density at radius 1 is 1.23 bits per heavy atom. The van der Waals surface area contributed by atoms with Crippen LogP contribution < -0.4 is 4.74 Å². The summed E-state index contributed by atoms with van der Waals surface area (Å²) < 4.78 is 19.5. The van der Waals surface area contributed by atoms with Gasteiger partial charge in [0.1, 0.15) is 12.4 Å². The Hall–Kier alpha value is -2.45. The molecule has 1 aliphatic heterocycles. The quantitative estimate of drug-likeness (QED) is 0.810. The van der Waals surface area contributed by atoms with Crippen molar-refractivity contribution in [2.75, 3.05) is 20.1 Å². The van der Waals surface area contributed by atoms with Crippen LogP contribution in [0.3, 0.4) is 0 Å². The van der Waals surface area contributed by atoms with Crippen molar-refractivity contribution in [3.8, 4) is 11.9 Å². The number of aromatic nitrogens is 1. The first-order valence-electron chi connectivity index (χ1n) is 9.12. The van der Waals surface area contributed by atoms with Crippen LogP contribution in [0.25, 0.3) is 0 Å². The average Bonchev–Trinajstić information content (AvgIpc) is 2.69. The van der Waals surface area contributed by atoms with Gasteiger partial charge in [0.05, 0.1) is 11.6 Å². The molecule has 138 valence electrons. The van der Waals surface area contributed by atoms with Gasteiger partial charge in [-0.25, -0.2) is 9.37 Å². The minimum absolute atomic E-state index is 0.0986. The molecule has 2 heterocycles. The monoisotopic (exact) mass is 355 g/mol. The molecule has 0 N–H and O–H groups in total. The standard InChI is InChI=1S/C19H20FN3O.C2H6/c1-23-9-7-15(8-10-23)18-3-2-4-19(22-18)24-13-16-6-5-14(12-21)11-17(16)20;1-2/h2-6,11,15H,7-10,13H2,1H3;1-2H3. The van der Waals surface area contributed by atoms with Crippen LogP contribution in [0.5, 0.6) is 5.88 Å².